The third-order valence-electron chi connectivity index (χ3n) is 3.26. The maximum Gasteiger partial charge on any atom is 0.135 e. The van der Waals surface area contributed by atoms with Gasteiger partial charge in [0.05, 0.1) is 16.8 Å². The van der Waals surface area contributed by atoms with Crippen molar-refractivity contribution in [2.24, 2.45) is 10.7 Å². The second kappa shape index (κ2) is 6.71. The Morgan fingerprint density at radius 1 is 1.36 bits per heavy atom. The van der Waals surface area contributed by atoms with E-state index in [1.807, 2.05) is 18.2 Å². The maximum absolute atomic E-state index is 7.07. The minimum Gasteiger partial charge on any atom is -0.398 e. The van der Waals surface area contributed by atoms with E-state index in [0.29, 0.717) is 28.3 Å². The van der Waals surface area contributed by atoms with E-state index in [9.17, 15) is 0 Å². The van der Waals surface area contributed by atoms with Crippen LogP contribution in [0.25, 0.3) is 16.6 Å². The number of hydrogen-bond acceptors (Lipinski definition) is 6. The molecule has 1 aromatic carbocycles. The first-order valence-corrected chi connectivity index (χ1v) is 7.03. The van der Waals surface area contributed by atoms with Crippen LogP contribution in [-0.4, -0.2) is 24.0 Å². The number of rotatable bonds is 5. The Labute approximate surface area is 129 Å². The highest BCUT2D eigenvalue weighted by molar-refractivity contribution is 6.04. The predicted octanol–water partition coefficient (Wildman–Crippen LogP) is 2.18. The average molecular weight is 296 g/mol. The molecule has 0 aliphatic rings. The lowest BCUT2D eigenvalue weighted by Crippen LogP contribution is -2.05. The summed E-state index contributed by atoms with van der Waals surface area (Å²) in [5.41, 5.74) is 21.2. The largest absolute Gasteiger partial charge is 0.398 e. The van der Waals surface area contributed by atoms with Crippen LogP contribution in [0.15, 0.2) is 29.3 Å². The molecule has 114 valence electrons. The summed E-state index contributed by atoms with van der Waals surface area (Å²) in [6.07, 6.45) is 5.29. The van der Waals surface area contributed by atoms with E-state index in [0.717, 1.165) is 30.1 Å². The van der Waals surface area contributed by atoms with Crippen molar-refractivity contribution >= 4 is 40.5 Å². The third kappa shape index (κ3) is 3.06. The van der Waals surface area contributed by atoms with Crippen LogP contribution in [0.3, 0.4) is 0 Å². The Bertz CT molecular complexity index is 761. The fraction of sp³-hybridized carbons (Fsp3) is 0.188. The number of nitrogen functional groups attached to an aromatic ring is 2. The molecule has 0 aliphatic heterocycles. The summed E-state index contributed by atoms with van der Waals surface area (Å²) < 4.78 is 0. The standard InChI is InChI=1S/C16H20N6/c1-2-7-21-9-12-15(19)11-4-3-10(13(18)5-6-17)8-14(11)22-16(12)20/h3-6,8-9,17H,2,7,18H2,1H3,(H4,19,20,22). The Morgan fingerprint density at radius 3 is 2.82 bits per heavy atom. The first-order chi connectivity index (χ1) is 10.6. The van der Waals surface area contributed by atoms with Crippen LogP contribution in [-0.2, 0) is 0 Å². The summed E-state index contributed by atoms with van der Waals surface area (Å²) in [7, 11) is 0. The van der Waals surface area contributed by atoms with E-state index in [4.69, 9.17) is 22.6 Å². The Kier molecular flexibility index (Phi) is 4.73. The van der Waals surface area contributed by atoms with E-state index < -0.39 is 0 Å². The van der Waals surface area contributed by atoms with Crippen molar-refractivity contribution in [3.63, 3.8) is 0 Å². The van der Waals surface area contributed by atoms with Gasteiger partial charge in [-0.2, -0.15) is 0 Å². The van der Waals surface area contributed by atoms with Crippen LogP contribution in [0.1, 0.15) is 24.5 Å². The van der Waals surface area contributed by atoms with Gasteiger partial charge in [0.2, 0.25) is 0 Å². The fourth-order valence-electron chi connectivity index (χ4n) is 2.11. The van der Waals surface area contributed by atoms with E-state index in [1.165, 1.54) is 6.08 Å². The van der Waals surface area contributed by atoms with Crippen molar-refractivity contribution in [3.8, 4) is 0 Å². The molecule has 6 nitrogen and oxygen atoms in total. The molecule has 22 heavy (non-hydrogen) atoms. The number of aromatic nitrogens is 1. The molecule has 7 N–H and O–H groups in total. The smallest absolute Gasteiger partial charge is 0.135 e. The van der Waals surface area contributed by atoms with Gasteiger partial charge < -0.3 is 22.6 Å². The molecule has 0 radical (unpaired) electrons. The van der Waals surface area contributed by atoms with E-state index in [1.54, 1.807) is 6.21 Å². The molecule has 0 unspecified atom stereocenters. The van der Waals surface area contributed by atoms with Gasteiger partial charge in [-0.3, -0.25) is 4.99 Å². The topological polar surface area (TPSA) is 127 Å². The molecule has 0 saturated heterocycles. The predicted molar refractivity (Wildman–Crippen MR) is 94.3 cm³/mol. The number of nitrogens with one attached hydrogen (secondary N) is 1. The average Bonchev–Trinajstić information content (AvgIpc) is 2.50. The lowest BCUT2D eigenvalue weighted by atomic mass is 10.0. The van der Waals surface area contributed by atoms with Crippen molar-refractivity contribution in [2.45, 2.75) is 13.3 Å². The third-order valence-corrected chi connectivity index (χ3v) is 3.26. The Balaban J connectivity index is 2.56. The summed E-state index contributed by atoms with van der Waals surface area (Å²) in [6, 6.07) is 5.51. The molecule has 1 heterocycles. The first-order valence-electron chi connectivity index (χ1n) is 7.03. The molecule has 1 aromatic heterocycles. The molecule has 0 fully saturated rings. The molecule has 6 heteroatoms. The van der Waals surface area contributed by atoms with Gasteiger partial charge in [-0.15, -0.1) is 0 Å². The van der Waals surface area contributed by atoms with Crippen LogP contribution in [0.4, 0.5) is 11.5 Å². The fourth-order valence-corrected chi connectivity index (χ4v) is 2.11. The number of pyridine rings is 1. The van der Waals surface area contributed by atoms with Crippen LogP contribution in [0.2, 0.25) is 0 Å². The number of nitrogens with two attached hydrogens (primary N) is 3. The van der Waals surface area contributed by atoms with Crippen molar-refractivity contribution in [3.05, 3.63) is 35.4 Å². The zero-order valence-electron chi connectivity index (χ0n) is 12.5. The molecule has 0 atom stereocenters. The molecule has 2 rings (SSSR count). The van der Waals surface area contributed by atoms with E-state index in [-0.39, 0.29) is 0 Å². The lowest BCUT2D eigenvalue weighted by Gasteiger charge is -2.10. The van der Waals surface area contributed by atoms with Gasteiger partial charge in [-0.25, -0.2) is 4.98 Å². The van der Waals surface area contributed by atoms with Gasteiger partial charge in [-0.1, -0.05) is 19.1 Å². The van der Waals surface area contributed by atoms with Crippen LogP contribution in [0.5, 0.6) is 0 Å². The highest BCUT2D eigenvalue weighted by Gasteiger charge is 2.10. The van der Waals surface area contributed by atoms with Crippen molar-refractivity contribution < 1.29 is 0 Å². The second-order valence-corrected chi connectivity index (χ2v) is 4.88. The molecule has 0 saturated carbocycles. The van der Waals surface area contributed by atoms with Crippen molar-refractivity contribution in [2.75, 3.05) is 18.0 Å². The second-order valence-electron chi connectivity index (χ2n) is 4.88. The van der Waals surface area contributed by atoms with Gasteiger partial charge >= 0.3 is 0 Å². The zero-order chi connectivity index (χ0) is 16.1. The van der Waals surface area contributed by atoms with E-state index >= 15 is 0 Å². The molecule has 0 amide bonds. The number of benzene rings is 1. The first kappa shape index (κ1) is 15.5. The number of aliphatic imine (C=N–C) groups is 1. The SMILES string of the molecule is CCCN=Cc1c(N)nc2cc(C(N)=CC=N)ccc2c1N. The highest BCUT2D eigenvalue weighted by atomic mass is 14.9. The molecular formula is C16H20N6. The van der Waals surface area contributed by atoms with Crippen LogP contribution < -0.4 is 17.2 Å². The monoisotopic (exact) mass is 296 g/mol. The molecule has 0 bridgehead atoms. The minimum atomic E-state index is 0.344. The molecule has 0 spiro atoms. The van der Waals surface area contributed by atoms with Gasteiger partial charge in [0.1, 0.15) is 5.82 Å². The van der Waals surface area contributed by atoms with Gasteiger partial charge in [0, 0.05) is 30.1 Å². The van der Waals surface area contributed by atoms with Crippen LogP contribution in [0, 0.1) is 5.41 Å². The molecular weight excluding hydrogens is 276 g/mol. The van der Waals surface area contributed by atoms with E-state index in [2.05, 4.69) is 16.9 Å². The van der Waals surface area contributed by atoms with Gasteiger partial charge in [-0.05, 0) is 24.1 Å². The lowest BCUT2D eigenvalue weighted by molar-refractivity contribution is 0.937. The number of nitrogens with zero attached hydrogens (tertiary/aromatic N) is 2. The minimum absolute atomic E-state index is 0.344. The molecule has 0 aliphatic carbocycles. The highest BCUT2D eigenvalue weighted by Crippen LogP contribution is 2.28. The summed E-state index contributed by atoms with van der Waals surface area (Å²) >= 11 is 0. The Hall–Kier alpha value is -2.89. The number of hydrogen-bond donors (Lipinski definition) is 4. The molecule has 2 aromatic rings. The zero-order valence-corrected chi connectivity index (χ0v) is 12.5. The summed E-state index contributed by atoms with van der Waals surface area (Å²) in [5.74, 6) is 0.344. The number of allylic oxidation sites excluding steroid dienone is 1. The van der Waals surface area contributed by atoms with Gasteiger partial charge in [0.25, 0.3) is 0 Å². The van der Waals surface area contributed by atoms with Crippen molar-refractivity contribution in [1.29, 1.82) is 5.41 Å². The van der Waals surface area contributed by atoms with Crippen molar-refractivity contribution in [1.82, 2.24) is 4.98 Å². The number of anilines is 2. The Morgan fingerprint density at radius 2 is 2.14 bits per heavy atom. The van der Waals surface area contributed by atoms with Gasteiger partial charge in [0.15, 0.2) is 0 Å². The summed E-state index contributed by atoms with van der Waals surface area (Å²) in [5, 5.41) is 7.87. The number of fused-ring (bicyclic) bond motifs is 1. The maximum atomic E-state index is 7.07. The normalized spacial score (nSPS) is 12.1. The quantitative estimate of drug-likeness (QED) is 0.630. The van der Waals surface area contributed by atoms with Crippen LogP contribution >= 0.6 is 0 Å². The summed E-state index contributed by atoms with van der Waals surface area (Å²) in [4.78, 5) is 8.66. The summed E-state index contributed by atoms with van der Waals surface area (Å²) in [6.45, 7) is 2.78.